The van der Waals surface area contributed by atoms with Gasteiger partial charge in [0.25, 0.3) is 5.56 Å². The lowest BCUT2D eigenvalue weighted by Gasteiger charge is -2.33. The summed E-state index contributed by atoms with van der Waals surface area (Å²) < 4.78 is 1.74. The van der Waals surface area contributed by atoms with E-state index in [2.05, 4.69) is 28.6 Å². The van der Waals surface area contributed by atoms with Gasteiger partial charge in [0.2, 0.25) is 0 Å². The lowest BCUT2D eigenvalue weighted by molar-refractivity contribution is 0.178. The van der Waals surface area contributed by atoms with E-state index < -0.39 is 0 Å². The molecule has 2 amide bonds. The first-order chi connectivity index (χ1) is 19.9. The van der Waals surface area contributed by atoms with Crippen LogP contribution in [-0.2, 0) is 6.54 Å². The monoisotopic (exact) mass is 572 g/mol. The summed E-state index contributed by atoms with van der Waals surface area (Å²) in [6.07, 6.45) is 8.97. The van der Waals surface area contributed by atoms with E-state index in [1.54, 1.807) is 17.0 Å². The van der Waals surface area contributed by atoms with E-state index in [0.717, 1.165) is 47.8 Å². The Hall–Kier alpha value is -3.91. The molecule has 0 atom stereocenters. The van der Waals surface area contributed by atoms with Gasteiger partial charge in [-0.15, -0.1) is 0 Å². The number of piperidine rings is 1. The zero-order valence-electron chi connectivity index (χ0n) is 23.9. The second kappa shape index (κ2) is 12.7. The van der Waals surface area contributed by atoms with E-state index in [9.17, 15) is 9.59 Å². The number of fused-ring (bicyclic) bond motifs is 1. The maximum atomic E-state index is 13.8. The van der Waals surface area contributed by atoms with E-state index >= 15 is 0 Å². The van der Waals surface area contributed by atoms with Crippen molar-refractivity contribution < 1.29 is 4.79 Å². The second-order valence-electron chi connectivity index (χ2n) is 10.4. The molecule has 9 heteroatoms. The smallest absolute Gasteiger partial charge is 0.317 e. The number of likely N-dealkylation sites (tertiary alicyclic amines) is 1. The number of hydrogen-bond donors (Lipinski definition) is 2. The second-order valence-corrected chi connectivity index (χ2v) is 10.8. The molecule has 0 unspecified atom stereocenters. The average molecular weight is 573 g/mol. The number of nitrogens with zero attached hydrogens (tertiary/aromatic N) is 4. The number of carbonyl (C=O) groups excluding carboxylic acids is 1. The average Bonchev–Trinajstić information content (AvgIpc) is 3.16. The standard InChI is InChI=1S/C32H37ClN6O2/c1-4-21-9-10-23-18-27(26-12-11-22(19-28(26)33)24-8-7-15-34-20-24)31(40)39(6-3)30(23)37-29(21)36-25-13-16-38(17-14-25)32(41)35-5-2/h7-8,10-12,15,18-20,25,36H,4-6,9,13-14,16-17H2,1-3H3,(H,35,41). The number of halogens is 1. The van der Waals surface area contributed by atoms with Crippen molar-refractivity contribution in [2.75, 3.05) is 19.6 Å². The summed E-state index contributed by atoms with van der Waals surface area (Å²) in [6, 6.07) is 11.8. The van der Waals surface area contributed by atoms with Crippen LogP contribution in [-0.4, -0.2) is 46.2 Å². The number of hydrogen-bond acceptors (Lipinski definition) is 5. The summed E-state index contributed by atoms with van der Waals surface area (Å²) >= 11 is 6.77. The van der Waals surface area contributed by atoms with Crippen LogP contribution in [0.15, 0.2) is 70.0 Å². The van der Waals surface area contributed by atoms with Gasteiger partial charge < -0.3 is 15.5 Å². The van der Waals surface area contributed by atoms with Crippen molar-refractivity contribution in [3.05, 3.63) is 86.3 Å². The normalized spacial score (nSPS) is 15.5. The minimum Gasteiger partial charge on any atom is -0.367 e. The van der Waals surface area contributed by atoms with Gasteiger partial charge in [-0.05, 0) is 68.9 Å². The minimum atomic E-state index is -0.117. The van der Waals surface area contributed by atoms with Crippen molar-refractivity contribution in [1.82, 2.24) is 25.1 Å². The highest BCUT2D eigenvalue weighted by Gasteiger charge is 2.24. The number of nitrogens with one attached hydrogen (secondary N) is 2. The maximum absolute atomic E-state index is 13.8. The number of rotatable bonds is 7. The summed E-state index contributed by atoms with van der Waals surface area (Å²) in [5.41, 5.74) is 4.92. The van der Waals surface area contributed by atoms with Crippen molar-refractivity contribution >= 4 is 23.7 Å². The molecule has 1 aromatic carbocycles. The SMILES string of the molecule is CCNC(=O)N1CCC(NC2=C(CC)CC=c3cc(-c4ccc(-c5cccnc5)cc4Cl)c(=O)n(CC)c3=N2)CC1. The summed E-state index contributed by atoms with van der Waals surface area (Å²) in [5, 5.41) is 8.00. The molecule has 5 rings (SSSR count). The van der Waals surface area contributed by atoms with Gasteiger partial charge in [-0.25, -0.2) is 9.79 Å². The molecule has 3 aromatic rings. The Labute approximate surface area is 245 Å². The number of amides is 2. The topological polar surface area (TPSA) is 91.6 Å². The number of urea groups is 1. The van der Waals surface area contributed by atoms with Gasteiger partial charge in [0.05, 0.1) is 0 Å². The van der Waals surface area contributed by atoms with E-state index in [1.807, 2.05) is 55.1 Å². The van der Waals surface area contributed by atoms with Gasteiger partial charge in [-0.3, -0.25) is 14.3 Å². The highest BCUT2D eigenvalue weighted by molar-refractivity contribution is 6.33. The highest BCUT2D eigenvalue weighted by Crippen LogP contribution is 2.30. The fraction of sp³-hybridized carbons (Fsp3) is 0.375. The van der Waals surface area contributed by atoms with Crippen LogP contribution in [0.5, 0.6) is 0 Å². The number of benzene rings is 1. The van der Waals surface area contributed by atoms with E-state index in [4.69, 9.17) is 16.6 Å². The summed E-state index contributed by atoms with van der Waals surface area (Å²) in [5.74, 6) is 0.840. The molecule has 2 aliphatic rings. The third-order valence-corrected chi connectivity index (χ3v) is 8.17. The van der Waals surface area contributed by atoms with Crippen molar-refractivity contribution in [2.24, 2.45) is 4.99 Å². The summed E-state index contributed by atoms with van der Waals surface area (Å²) in [4.78, 5) is 37.2. The van der Waals surface area contributed by atoms with E-state index in [1.165, 1.54) is 5.57 Å². The Morgan fingerprint density at radius 1 is 1.07 bits per heavy atom. The largest absolute Gasteiger partial charge is 0.367 e. The number of allylic oxidation sites excluding steroid dienone is 1. The molecule has 2 N–H and O–H groups in total. The summed E-state index contributed by atoms with van der Waals surface area (Å²) in [6.45, 7) is 8.54. The number of pyridine rings is 2. The highest BCUT2D eigenvalue weighted by atomic mass is 35.5. The Morgan fingerprint density at radius 3 is 2.54 bits per heavy atom. The first kappa shape index (κ1) is 28.6. The van der Waals surface area contributed by atoms with Gasteiger partial charge in [0, 0.05) is 71.5 Å². The zero-order valence-corrected chi connectivity index (χ0v) is 24.7. The fourth-order valence-corrected chi connectivity index (χ4v) is 5.81. The molecular weight excluding hydrogens is 536 g/mol. The first-order valence-corrected chi connectivity index (χ1v) is 14.9. The van der Waals surface area contributed by atoms with Crippen molar-refractivity contribution in [2.45, 2.75) is 59.0 Å². The Morgan fingerprint density at radius 2 is 1.88 bits per heavy atom. The lowest BCUT2D eigenvalue weighted by Crippen LogP contribution is -2.48. The van der Waals surface area contributed by atoms with Crippen LogP contribution >= 0.6 is 11.6 Å². The molecule has 0 spiro atoms. The number of aromatic nitrogens is 2. The molecule has 0 bridgehead atoms. The third kappa shape index (κ3) is 6.07. The number of carbonyl (C=O) groups is 1. The molecule has 2 aromatic heterocycles. The van der Waals surface area contributed by atoms with Gasteiger partial charge >= 0.3 is 6.03 Å². The predicted molar refractivity (Wildman–Crippen MR) is 164 cm³/mol. The molecule has 8 nitrogen and oxygen atoms in total. The van der Waals surface area contributed by atoms with Crippen molar-refractivity contribution in [3.8, 4) is 22.3 Å². The molecule has 0 saturated carbocycles. The van der Waals surface area contributed by atoms with Crippen molar-refractivity contribution in [1.29, 1.82) is 0 Å². The van der Waals surface area contributed by atoms with Crippen LogP contribution < -0.4 is 26.9 Å². The quantitative estimate of drug-likeness (QED) is 0.437. The predicted octanol–water partition coefficient (Wildman–Crippen LogP) is 4.46. The molecule has 214 valence electrons. The molecule has 41 heavy (non-hydrogen) atoms. The maximum Gasteiger partial charge on any atom is 0.317 e. The van der Waals surface area contributed by atoms with Gasteiger partial charge in [0.15, 0.2) is 0 Å². The van der Waals surface area contributed by atoms with Gasteiger partial charge in [-0.2, -0.15) is 0 Å². The van der Waals surface area contributed by atoms with Gasteiger partial charge in [0.1, 0.15) is 11.3 Å². The molecule has 2 aliphatic heterocycles. The molecule has 1 saturated heterocycles. The molecule has 0 radical (unpaired) electrons. The lowest BCUT2D eigenvalue weighted by atomic mass is 10.0. The van der Waals surface area contributed by atoms with Crippen LogP contribution in [0.2, 0.25) is 5.02 Å². The van der Waals surface area contributed by atoms with E-state index in [-0.39, 0.29) is 17.6 Å². The Kier molecular flexibility index (Phi) is 8.88. The van der Waals surface area contributed by atoms with Gasteiger partial charge in [-0.1, -0.05) is 42.8 Å². The summed E-state index contributed by atoms with van der Waals surface area (Å²) in [7, 11) is 0. The van der Waals surface area contributed by atoms with Crippen LogP contribution in [0.3, 0.4) is 0 Å². The molecule has 0 aliphatic carbocycles. The van der Waals surface area contributed by atoms with Crippen LogP contribution in [0.1, 0.15) is 46.5 Å². The Bertz CT molecular complexity index is 1640. The van der Waals surface area contributed by atoms with E-state index in [0.29, 0.717) is 47.8 Å². The Balaban J connectivity index is 1.48. The molecular formula is C32H37ClN6O2. The van der Waals surface area contributed by atoms with Crippen LogP contribution in [0.25, 0.3) is 28.3 Å². The van der Waals surface area contributed by atoms with Crippen LogP contribution in [0.4, 0.5) is 4.79 Å². The zero-order chi connectivity index (χ0) is 28.9. The third-order valence-electron chi connectivity index (χ3n) is 7.86. The van der Waals surface area contributed by atoms with Crippen molar-refractivity contribution in [3.63, 3.8) is 0 Å². The fourth-order valence-electron chi connectivity index (χ4n) is 5.53. The molecule has 1 fully saturated rings. The first-order valence-electron chi connectivity index (χ1n) is 14.5. The molecule has 4 heterocycles. The minimum absolute atomic E-state index is 0.00308. The van der Waals surface area contributed by atoms with Crippen LogP contribution in [0, 0.1) is 0 Å².